The molecule has 3 atom stereocenters. The number of aromatic nitrogens is 3. The molecular weight excluding hydrogens is 447 g/mol. The molecule has 1 saturated heterocycles. The summed E-state index contributed by atoms with van der Waals surface area (Å²) in [6.07, 6.45) is 5.08. The standard InChI is InChI=1S/C19H26ClN4O6P/c20-19-22-18(21-11-3-1-2-4-11)14-7-6-13(24(14)23-19)15-8-5-12(30-15)10-29-17(31(27)28)9-16(25)26/h6-7,11-12,15,17,27-28H,1-5,8-10H2,(H,25,26)(H,21,22,23). The van der Waals surface area contributed by atoms with Crippen molar-refractivity contribution >= 4 is 37.3 Å². The van der Waals surface area contributed by atoms with Gasteiger partial charge in [0.15, 0.2) is 14.2 Å². The molecule has 0 radical (unpaired) electrons. The lowest BCUT2D eigenvalue weighted by Crippen LogP contribution is -2.23. The van der Waals surface area contributed by atoms with E-state index in [0.717, 1.165) is 30.5 Å². The second-order valence-corrected chi connectivity index (χ2v) is 9.50. The average Bonchev–Trinajstić information content (AvgIpc) is 3.45. The van der Waals surface area contributed by atoms with Gasteiger partial charge in [0.25, 0.3) is 0 Å². The molecule has 2 aromatic rings. The Hall–Kier alpha value is -1.55. The highest BCUT2D eigenvalue weighted by atomic mass is 35.5. The monoisotopic (exact) mass is 472 g/mol. The zero-order valence-corrected chi connectivity index (χ0v) is 18.5. The molecule has 4 rings (SSSR count). The first kappa shape index (κ1) is 22.6. The third-order valence-corrected chi connectivity index (χ3v) is 6.74. The molecule has 0 amide bonds. The third-order valence-electron chi connectivity index (χ3n) is 5.73. The third kappa shape index (κ3) is 5.45. The second-order valence-electron chi connectivity index (χ2n) is 7.94. The number of nitrogens with one attached hydrogen (secondary N) is 1. The molecule has 2 fully saturated rings. The van der Waals surface area contributed by atoms with Crippen molar-refractivity contribution in [3.63, 3.8) is 0 Å². The van der Waals surface area contributed by atoms with Crippen LogP contribution in [0.15, 0.2) is 12.1 Å². The fraction of sp³-hybridized carbons (Fsp3) is 0.632. The molecule has 3 heterocycles. The number of anilines is 1. The maximum Gasteiger partial charge on any atom is 0.306 e. The van der Waals surface area contributed by atoms with Crippen LogP contribution in [0.1, 0.15) is 56.7 Å². The number of carbonyl (C=O) groups is 1. The van der Waals surface area contributed by atoms with Crippen LogP contribution in [0.2, 0.25) is 5.28 Å². The largest absolute Gasteiger partial charge is 0.481 e. The van der Waals surface area contributed by atoms with Crippen LogP contribution in [0.4, 0.5) is 5.82 Å². The minimum Gasteiger partial charge on any atom is -0.481 e. The number of nitrogens with zero attached hydrogens (tertiary/aromatic N) is 3. The van der Waals surface area contributed by atoms with Crippen molar-refractivity contribution in [3.8, 4) is 0 Å². The Balaban J connectivity index is 1.43. The molecule has 170 valence electrons. The molecule has 0 spiro atoms. The normalized spacial score (nSPS) is 23.1. The molecule has 0 bridgehead atoms. The first-order valence-electron chi connectivity index (χ1n) is 10.4. The quantitative estimate of drug-likeness (QED) is 0.405. The molecule has 1 saturated carbocycles. The molecule has 12 heteroatoms. The number of fused-ring (bicyclic) bond motifs is 1. The minimum atomic E-state index is -2.50. The van der Waals surface area contributed by atoms with Crippen LogP contribution in [-0.2, 0) is 14.3 Å². The highest BCUT2D eigenvalue weighted by Gasteiger charge is 2.31. The van der Waals surface area contributed by atoms with E-state index in [4.69, 9.17) is 26.2 Å². The van der Waals surface area contributed by atoms with E-state index in [2.05, 4.69) is 15.4 Å². The predicted octanol–water partition coefficient (Wildman–Crippen LogP) is 3.07. The molecule has 1 aliphatic carbocycles. The van der Waals surface area contributed by atoms with Gasteiger partial charge in [0.2, 0.25) is 5.28 Å². The number of hydrogen-bond donors (Lipinski definition) is 4. The lowest BCUT2D eigenvalue weighted by atomic mass is 10.1. The van der Waals surface area contributed by atoms with Gasteiger partial charge < -0.3 is 29.7 Å². The summed E-state index contributed by atoms with van der Waals surface area (Å²) < 4.78 is 13.3. The summed E-state index contributed by atoms with van der Waals surface area (Å²) in [6.45, 7) is 0.0853. The summed E-state index contributed by atoms with van der Waals surface area (Å²) in [4.78, 5) is 34.0. The van der Waals surface area contributed by atoms with Crippen molar-refractivity contribution in [1.29, 1.82) is 0 Å². The van der Waals surface area contributed by atoms with Crippen molar-refractivity contribution < 1.29 is 29.2 Å². The van der Waals surface area contributed by atoms with Crippen LogP contribution in [0, 0.1) is 0 Å². The van der Waals surface area contributed by atoms with Gasteiger partial charge >= 0.3 is 5.97 Å². The predicted molar refractivity (Wildman–Crippen MR) is 114 cm³/mol. The Morgan fingerprint density at radius 3 is 2.81 bits per heavy atom. The number of halogens is 1. The Kier molecular flexibility index (Phi) is 7.26. The lowest BCUT2D eigenvalue weighted by molar-refractivity contribution is -0.139. The van der Waals surface area contributed by atoms with Gasteiger partial charge in [-0.1, -0.05) is 12.8 Å². The van der Waals surface area contributed by atoms with Gasteiger partial charge in [0.1, 0.15) is 17.5 Å². The fourth-order valence-corrected chi connectivity index (χ4v) is 4.92. The van der Waals surface area contributed by atoms with E-state index in [-0.39, 0.29) is 24.1 Å². The van der Waals surface area contributed by atoms with Gasteiger partial charge in [-0.05, 0) is 49.4 Å². The number of hydrogen-bond acceptors (Lipinski definition) is 8. The lowest BCUT2D eigenvalue weighted by Gasteiger charge is -2.20. The summed E-state index contributed by atoms with van der Waals surface area (Å²) in [5.74, 6) is -1.57. The van der Waals surface area contributed by atoms with Crippen LogP contribution >= 0.6 is 20.0 Å². The van der Waals surface area contributed by atoms with E-state index in [1.165, 1.54) is 12.8 Å². The van der Waals surface area contributed by atoms with Gasteiger partial charge in [-0.2, -0.15) is 4.98 Å². The first-order chi connectivity index (χ1) is 14.9. The van der Waals surface area contributed by atoms with Crippen molar-refractivity contribution in [2.24, 2.45) is 0 Å². The summed E-state index contributed by atoms with van der Waals surface area (Å²) in [7, 11) is -2.50. The van der Waals surface area contributed by atoms with Crippen LogP contribution < -0.4 is 5.32 Å². The fourth-order valence-electron chi connectivity index (χ4n) is 4.22. The summed E-state index contributed by atoms with van der Waals surface area (Å²) in [5, 5.41) is 16.9. The molecule has 3 unspecified atom stereocenters. The van der Waals surface area contributed by atoms with Crippen LogP contribution in [0.5, 0.6) is 0 Å². The summed E-state index contributed by atoms with van der Waals surface area (Å²) in [6, 6.07) is 4.28. The van der Waals surface area contributed by atoms with Gasteiger partial charge in [-0.15, -0.1) is 5.10 Å². The number of ether oxygens (including phenoxy) is 2. The van der Waals surface area contributed by atoms with Crippen LogP contribution in [0.25, 0.3) is 5.52 Å². The number of carboxylic acids is 1. The SMILES string of the molecule is O=C(O)CC(OCC1CCC(c2ccc3c(NC4CCCC4)nc(Cl)nn23)O1)P(O)O. The molecule has 4 N–H and O–H groups in total. The number of rotatable bonds is 9. The van der Waals surface area contributed by atoms with E-state index >= 15 is 0 Å². The van der Waals surface area contributed by atoms with Gasteiger partial charge in [0, 0.05) is 6.04 Å². The van der Waals surface area contributed by atoms with E-state index in [1.54, 1.807) is 4.52 Å². The number of carboxylic acid groups (broad SMARTS) is 1. The van der Waals surface area contributed by atoms with Crippen molar-refractivity contribution in [1.82, 2.24) is 14.6 Å². The average molecular weight is 473 g/mol. The molecule has 2 aliphatic rings. The Morgan fingerprint density at radius 1 is 1.32 bits per heavy atom. The minimum absolute atomic E-state index is 0.0853. The van der Waals surface area contributed by atoms with Crippen molar-refractivity contribution in [3.05, 3.63) is 23.1 Å². The molecule has 2 aromatic heterocycles. The summed E-state index contributed by atoms with van der Waals surface area (Å²) >= 11 is 6.19. The van der Waals surface area contributed by atoms with E-state index in [0.29, 0.717) is 18.3 Å². The van der Waals surface area contributed by atoms with E-state index in [1.807, 2.05) is 12.1 Å². The van der Waals surface area contributed by atoms with Gasteiger partial charge in [-0.25, -0.2) is 4.52 Å². The topological polar surface area (TPSA) is 138 Å². The maximum absolute atomic E-state index is 10.9. The molecule has 10 nitrogen and oxygen atoms in total. The van der Waals surface area contributed by atoms with Gasteiger partial charge in [-0.3, -0.25) is 4.79 Å². The van der Waals surface area contributed by atoms with Crippen LogP contribution in [0.3, 0.4) is 0 Å². The maximum atomic E-state index is 10.9. The zero-order valence-electron chi connectivity index (χ0n) is 16.9. The Morgan fingerprint density at radius 2 is 2.10 bits per heavy atom. The molecular formula is C19H26ClN4O6P. The van der Waals surface area contributed by atoms with Crippen molar-refractivity contribution in [2.75, 3.05) is 11.9 Å². The zero-order chi connectivity index (χ0) is 22.0. The van der Waals surface area contributed by atoms with E-state index in [9.17, 15) is 14.6 Å². The smallest absolute Gasteiger partial charge is 0.306 e. The molecule has 31 heavy (non-hydrogen) atoms. The number of aliphatic carboxylic acids is 1. The molecule has 0 aromatic carbocycles. The Bertz CT molecular complexity index is 922. The first-order valence-corrected chi connectivity index (χ1v) is 12.1. The van der Waals surface area contributed by atoms with Crippen molar-refractivity contribution in [2.45, 2.75) is 69.0 Å². The Labute approximate surface area is 185 Å². The summed E-state index contributed by atoms with van der Waals surface area (Å²) in [5.41, 5.74) is 1.69. The second kappa shape index (κ2) is 9.94. The van der Waals surface area contributed by atoms with Gasteiger partial charge in [0.05, 0.1) is 24.8 Å². The highest BCUT2D eigenvalue weighted by Crippen LogP contribution is 2.38. The van der Waals surface area contributed by atoms with E-state index < -0.39 is 26.6 Å². The highest BCUT2D eigenvalue weighted by molar-refractivity contribution is 7.45. The molecule has 1 aliphatic heterocycles. The van der Waals surface area contributed by atoms with Crippen LogP contribution in [-0.4, -0.2) is 60.1 Å².